The summed E-state index contributed by atoms with van der Waals surface area (Å²) in [5.74, 6) is 2.51. The molecule has 0 atom stereocenters. The molecule has 0 aliphatic rings. The second kappa shape index (κ2) is 11.3. The third-order valence-corrected chi connectivity index (χ3v) is 9.39. The zero-order valence-corrected chi connectivity index (χ0v) is 25.8. The highest BCUT2D eigenvalue weighted by atomic mass is 32.1. The molecule has 0 saturated heterocycles. The predicted octanol–water partition coefficient (Wildman–Crippen LogP) is 9.91. The number of benzene rings is 5. The van der Waals surface area contributed by atoms with Crippen molar-refractivity contribution in [2.45, 2.75) is 0 Å². The Bertz CT molecular complexity index is 2510. The number of pyridine rings is 1. The lowest BCUT2D eigenvalue weighted by atomic mass is 10.0. The fourth-order valence-electron chi connectivity index (χ4n) is 5.97. The van der Waals surface area contributed by atoms with Crippen LogP contribution in [-0.4, -0.2) is 29.9 Å². The summed E-state index contributed by atoms with van der Waals surface area (Å²) in [6, 6.07) is 44.9. The van der Waals surface area contributed by atoms with E-state index in [2.05, 4.69) is 36.4 Å². The SMILES string of the molecule is c1ccc(-c2nc(-c3ccccc3)nc(-c3ccc(-c4ncc5cccc(-c6nccc7sc8ccccc8c67)c5n4)cc3)n2)cc1. The quantitative estimate of drug-likeness (QED) is 0.191. The fourth-order valence-corrected chi connectivity index (χ4v) is 7.07. The zero-order chi connectivity index (χ0) is 31.2. The summed E-state index contributed by atoms with van der Waals surface area (Å²) < 4.78 is 2.46. The van der Waals surface area contributed by atoms with E-state index in [9.17, 15) is 0 Å². The van der Waals surface area contributed by atoms with Gasteiger partial charge in [-0.3, -0.25) is 4.98 Å². The first-order valence-corrected chi connectivity index (χ1v) is 16.1. The van der Waals surface area contributed by atoms with Gasteiger partial charge in [0.25, 0.3) is 0 Å². The molecule has 0 unspecified atom stereocenters. The van der Waals surface area contributed by atoms with Crippen molar-refractivity contribution in [2.75, 3.05) is 0 Å². The number of hydrogen-bond donors (Lipinski definition) is 0. The van der Waals surface area contributed by atoms with Crippen LogP contribution in [0.25, 0.3) is 87.9 Å². The smallest absolute Gasteiger partial charge is 0.164 e. The first-order valence-electron chi connectivity index (χ1n) is 15.3. The Labute approximate surface area is 274 Å². The van der Waals surface area contributed by atoms with E-state index in [1.807, 2.05) is 109 Å². The molecule has 220 valence electrons. The van der Waals surface area contributed by atoms with Gasteiger partial charge in [-0.1, -0.05) is 121 Å². The third-order valence-electron chi connectivity index (χ3n) is 8.26. The first kappa shape index (κ1) is 27.2. The van der Waals surface area contributed by atoms with Gasteiger partial charge in [0.05, 0.1) is 11.2 Å². The molecular weight excluding hydrogens is 597 g/mol. The number of nitrogens with zero attached hydrogens (tertiary/aromatic N) is 6. The average molecular weight is 621 g/mol. The van der Waals surface area contributed by atoms with Crippen molar-refractivity contribution in [3.63, 3.8) is 0 Å². The van der Waals surface area contributed by atoms with Crippen molar-refractivity contribution in [1.29, 1.82) is 0 Å². The standard InChI is InChI=1S/C40H24N6S/c1-3-10-25(11-4-1)38-44-39(26-12-5-2-6-13-26)46-40(45-38)28-20-18-27(19-21-28)37-42-24-29-14-9-16-31(35(29)43-37)36-34-30-15-7-8-17-32(30)47-33(34)22-23-41-36/h1-24H. The third kappa shape index (κ3) is 4.90. The van der Waals surface area contributed by atoms with Gasteiger partial charge >= 0.3 is 0 Å². The van der Waals surface area contributed by atoms with Gasteiger partial charge in [0.1, 0.15) is 0 Å². The van der Waals surface area contributed by atoms with Gasteiger partial charge in [-0.15, -0.1) is 11.3 Å². The molecule has 0 radical (unpaired) electrons. The van der Waals surface area contributed by atoms with Crippen LogP contribution in [0, 0.1) is 0 Å². The van der Waals surface area contributed by atoms with Crippen molar-refractivity contribution in [3.05, 3.63) is 146 Å². The number of aromatic nitrogens is 6. The molecule has 0 bridgehead atoms. The van der Waals surface area contributed by atoms with Crippen LogP contribution in [0.5, 0.6) is 0 Å². The van der Waals surface area contributed by atoms with E-state index in [1.54, 1.807) is 11.3 Å². The molecule has 4 heterocycles. The van der Waals surface area contributed by atoms with Crippen molar-refractivity contribution < 1.29 is 0 Å². The van der Waals surface area contributed by atoms with Gasteiger partial charge < -0.3 is 0 Å². The van der Waals surface area contributed by atoms with E-state index in [0.29, 0.717) is 23.3 Å². The van der Waals surface area contributed by atoms with Gasteiger partial charge in [-0.05, 0) is 12.1 Å². The van der Waals surface area contributed by atoms with Crippen LogP contribution >= 0.6 is 11.3 Å². The Morgan fingerprint density at radius 2 is 1.02 bits per heavy atom. The van der Waals surface area contributed by atoms with Gasteiger partial charge in [0.2, 0.25) is 0 Å². The highest BCUT2D eigenvalue weighted by Gasteiger charge is 2.17. The highest BCUT2D eigenvalue weighted by Crippen LogP contribution is 2.40. The summed E-state index contributed by atoms with van der Waals surface area (Å²) in [6.07, 6.45) is 3.78. The number of rotatable bonds is 5. The van der Waals surface area contributed by atoms with Crippen molar-refractivity contribution in [2.24, 2.45) is 0 Å². The summed E-state index contributed by atoms with van der Waals surface area (Å²) in [7, 11) is 0. The Kier molecular flexibility index (Phi) is 6.54. The number of thiophene rings is 1. The monoisotopic (exact) mass is 620 g/mol. The zero-order valence-electron chi connectivity index (χ0n) is 24.9. The Morgan fingerprint density at radius 3 is 1.70 bits per heavy atom. The van der Waals surface area contributed by atoms with Gasteiger partial charge in [-0.2, -0.15) is 0 Å². The maximum atomic E-state index is 5.11. The van der Waals surface area contributed by atoms with E-state index in [0.717, 1.165) is 49.8 Å². The Balaban J connectivity index is 1.13. The average Bonchev–Trinajstić information content (AvgIpc) is 3.54. The molecule has 0 fully saturated rings. The van der Waals surface area contributed by atoms with E-state index >= 15 is 0 Å². The lowest BCUT2D eigenvalue weighted by Crippen LogP contribution is -2.00. The summed E-state index contributed by atoms with van der Waals surface area (Å²) >= 11 is 1.79. The molecule has 4 aromatic heterocycles. The van der Waals surface area contributed by atoms with Crippen LogP contribution in [0.15, 0.2) is 146 Å². The molecule has 0 N–H and O–H groups in total. The molecule has 7 heteroatoms. The number of para-hydroxylation sites is 1. The summed E-state index contributed by atoms with van der Waals surface area (Å²) in [5.41, 5.74) is 6.45. The minimum Gasteiger partial charge on any atom is -0.255 e. The summed E-state index contributed by atoms with van der Waals surface area (Å²) in [4.78, 5) is 29.3. The largest absolute Gasteiger partial charge is 0.255 e. The van der Waals surface area contributed by atoms with Crippen molar-refractivity contribution in [3.8, 4) is 56.8 Å². The van der Waals surface area contributed by atoms with Gasteiger partial charge in [0.15, 0.2) is 23.3 Å². The molecule has 5 aromatic carbocycles. The van der Waals surface area contributed by atoms with Crippen LogP contribution in [0.2, 0.25) is 0 Å². The second-order valence-electron chi connectivity index (χ2n) is 11.2. The number of fused-ring (bicyclic) bond motifs is 4. The molecule has 0 aliphatic heterocycles. The topological polar surface area (TPSA) is 77.3 Å². The van der Waals surface area contributed by atoms with Gasteiger partial charge in [-0.25, -0.2) is 24.9 Å². The highest BCUT2D eigenvalue weighted by molar-refractivity contribution is 7.25. The maximum Gasteiger partial charge on any atom is 0.164 e. The van der Waals surface area contributed by atoms with Gasteiger partial charge in [0, 0.05) is 65.8 Å². The van der Waals surface area contributed by atoms with Crippen molar-refractivity contribution in [1.82, 2.24) is 29.9 Å². The van der Waals surface area contributed by atoms with E-state index in [1.165, 1.54) is 14.8 Å². The first-order chi connectivity index (χ1) is 23.3. The molecule has 0 saturated carbocycles. The summed E-state index contributed by atoms with van der Waals surface area (Å²) in [5, 5.41) is 3.34. The van der Waals surface area contributed by atoms with Crippen LogP contribution in [0.1, 0.15) is 0 Å². The molecule has 9 rings (SSSR count). The predicted molar refractivity (Wildman–Crippen MR) is 191 cm³/mol. The van der Waals surface area contributed by atoms with E-state index < -0.39 is 0 Å². The molecule has 9 aromatic rings. The van der Waals surface area contributed by atoms with Crippen LogP contribution in [0.4, 0.5) is 0 Å². The maximum absolute atomic E-state index is 5.11. The molecule has 0 spiro atoms. The lowest BCUT2D eigenvalue weighted by molar-refractivity contribution is 1.07. The molecule has 6 nitrogen and oxygen atoms in total. The number of hydrogen-bond acceptors (Lipinski definition) is 7. The minimum atomic E-state index is 0.605. The van der Waals surface area contributed by atoms with Crippen LogP contribution in [-0.2, 0) is 0 Å². The minimum absolute atomic E-state index is 0.605. The Morgan fingerprint density at radius 1 is 0.426 bits per heavy atom. The lowest BCUT2D eigenvalue weighted by Gasteiger charge is -2.10. The molecule has 47 heavy (non-hydrogen) atoms. The second-order valence-corrected chi connectivity index (χ2v) is 12.3. The molecule has 0 amide bonds. The molecular formula is C40H24N6S. The van der Waals surface area contributed by atoms with Crippen LogP contribution < -0.4 is 0 Å². The fraction of sp³-hybridized carbons (Fsp3) is 0. The van der Waals surface area contributed by atoms with E-state index in [4.69, 9.17) is 29.9 Å². The molecule has 0 aliphatic carbocycles. The normalized spacial score (nSPS) is 11.4. The Hall–Kier alpha value is -6.18. The van der Waals surface area contributed by atoms with Crippen molar-refractivity contribution >= 4 is 42.4 Å². The summed E-state index contributed by atoms with van der Waals surface area (Å²) in [6.45, 7) is 0. The van der Waals surface area contributed by atoms with E-state index in [-0.39, 0.29) is 0 Å². The van der Waals surface area contributed by atoms with Crippen LogP contribution in [0.3, 0.4) is 0 Å².